The average molecular weight is 249 g/mol. The second-order valence-corrected chi connectivity index (χ2v) is 6.66. The van der Waals surface area contributed by atoms with Crippen molar-refractivity contribution in [1.29, 1.82) is 0 Å². The van der Waals surface area contributed by atoms with Gasteiger partial charge in [-0.3, -0.25) is 0 Å². The van der Waals surface area contributed by atoms with Crippen molar-refractivity contribution >= 4 is 11.8 Å². The summed E-state index contributed by atoms with van der Waals surface area (Å²) in [5.74, 6) is 0.981. The standard InChI is InChI=1S/C14H19NOS/c1-9-8-15-14-12-7-11(16-2)5-3-10(12)4-6-13(14)17-9/h3,5,7,9,13-15H,4,6,8H2,1-2H3. The van der Waals surface area contributed by atoms with E-state index >= 15 is 0 Å². The molecule has 1 saturated heterocycles. The van der Waals surface area contributed by atoms with Gasteiger partial charge in [-0.1, -0.05) is 13.0 Å². The molecule has 3 heteroatoms. The van der Waals surface area contributed by atoms with Crippen molar-refractivity contribution < 1.29 is 4.74 Å². The van der Waals surface area contributed by atoms with E-state index in [1.807, 2.05) is 0 Å². The third-order valence-corrected chi connectivity index (χ3v) is 5.28. The van der Waals surface area contributed by atoms with Gasteiger partial charge in [-0.2, -0.15) is 11.8 Å². The van der Waals surface area contributed by atoms with E-state index in [0.717, 1.165) is 22.8 Å². The van der Waals surface area contributed by atoms with Crippen LogP contribution in [0.2, 0.25) is 0 Å². The van der Waals surface area contributed by atoms with Gasteiger partial charge in [0.05, 0.1) is 7.11 Å². The van der Waals surface area contributed by atoms with Crippen molar-refractivity contribution in [3.8, 4) is 5.75 Å². The summed E-state index contributed by atoms with van der Waals surface area (Å²) in [6.07, 6.45) is 2.51. The van der Waals surface area contributed by atoms with Crippen molar-refractivity contribution in [2.75, 3.05) is 13.7 Å². The molecule has 1 aromatic rings. The average Bonchev–Trinajstić information content (AvgIpc) is 2.37. The first-order valence-electron chi connectivity index (χ1n) is 6.33. The van der Waals surface area contributed by atoms with Gasteiger partial charge in [0, 0.05) is 23.1 Å². The molecule has 1 heterocycles. The van der Waals surface area contributed by atoms with E-state index in [9.17, 15) is 0 Å². The van der Waals surface area contributed by atoms with Gasteiger partial charge in [0.2, 0.25) is 0 Å². The van der Waals surface area contributed by atoms with Crippen LogP contribution >= 0.6 is 11.8 Å². The fraction of sp³-hybridized carbons (Fsp3) is 0.571. The summed E-state index contributed by atoms with van der Waals surface area (Å²) in [7, 11) is 1.74. The van der Waals surface area contributed by atoms with Crippen LogP contribution < -0.4 is 10.1 Å². The topological polar surface area (TPSA) is 21.3 Å². The lowest BCUT2D eigenvalue weighted by atomic mass is 9.87. The summed E-state index contributed by atoms with van der Waals surface area (Å²) < 4.78 is 5.35. The maximum absolute atomic E-state index is 5.35. The monoisotopic (exact) mass is 249 g/mol. The first-order chi connectivity index (χ1) is 8.28. The second-order valence-electron chi connectivity index (χ2n) is 4.97. The van der Waals surface area contributed by atoms with Crippen LogP contribution in [0.25, 0.3) is 0 Å². The van der Waals surface area contributed by atoms with Crippen LogP contribution in [0.1, 0.15) is 30.5 Å². The molecule has 1 aliphatic carbocycles. The maximum Gasteiger partial charge on any atom is 0.119 e. The highest BCUT2D eigenvalue weighted by atomic mass is 32.2. The van der Waals surface area contributed by atoms with E-state index in [1.54, 1.807) is 7.11 Å². The molecule has 0 amide bonds. The summed E-state index contributed by atoms with van der Waals surface area (Å²) in [6, 6.07) is 7.05. The van der Waals surface area contributed by atoms with Gasteiger partial charge in [-0.25, -0.2) is 0 Å². The highest BCUT2D eigenvalue weighted by Gasteiger charge is 2.34. The van der Waals surface area contributed by atoms with Gasteiger partial charge in [0.1, 0.15) is 5.75 Å². The molecule has 1 fully saturated rings. The molecule has 0 radical (unpaired) electrons. The fourth-order valence-electron chi connectivity index (χ4n) is 2.91. The molecular weight excluding hydrogens is 230 g/mol. The summed E-state index contributed by atoms with van der Waals surface area (Å²) in [5, 5.41) is 5.18. The van der Waals surface area contributed by atoms with Crippen LogP contribution in [0, 0.1) is 0 Å². The quantitative estimate of drug-likeness (QED) is 0.827. The Morgan fingerprint density at radius 1 is 1.41 bits per heavy atom. The first kappa shape index (κ1) is 11.4. The normalized spacial score (nSPS) is 31.5. The Balaban J connectivity index is 1.94. The zero-order valence-corrected chi connectivity index (χ0v) is 11.2. The Bertz CT molecular complexity index is 421. The molecule has 1 aromatic carbocycles. The summed E-state index contributed by atoms with van der Waals surface area (Å²) in [5.41, 5.74) is 2.95. The molecular formula is C14H19NOS. The van der Waals surface area contributed by atoms with E-state index in [1.165, 1.54) is 24.0 Å². The van der Waals surface area contributed by atoms with Crippen molar-refractivity contribution in [3.05, 3.63) is 29.3 Å². The molecule has 3 rings (SSSR count). The molecule has 17 heavy (non-hydrogen) atoms. The second kappa shape index (κ2) is 4.54. The lowest BCUT2D eigenvalue weighted by Gasteiger charge is -2.40. The molecule has 0 bridgehead atoms. The van der Waals surface area contributed by atoms with Crippen LogP contribution in [0.4, 0.5) is 0 Å². The van der Waals surface area contributed by atoms with Crippen molar-refractivity contribution in [2.24, 2.45) is 0 Å². The Kier molecular flexibility index (Phi) is 3.05. The number of rotatable bonds is 1. The minimum atomic E-state index is 0.523. The zero-order valence-electron chi connectivity index (χ0n) is 10.4. The molecule has 3 unspecified atom stereocenters. The van der Waals surface area contributed by atoms with Gasteiger partial charge in [0.25, 0.3) is 0 Å². The predicted octanol–water partition coefficient (Wildman–Crippen LogP) is 2.78. The Labute approximate surface area is 107 Å². The molecule has 2 nitrogen and oxygen atoms in total. The number of nitrogens with one attached hydrogen (secondary N) is 1. The Hall–Kier alpha value is -0.670. The highest BCUT2D eigenvalue weighted by molar-refractivity contribution is 8.00. The zero-order chi connectivity index (χ0) is 11.8. The third-order valence-electron chi connectivity index (χ3n) is 3.79. The molecule has 1 aliphatic heterocycles. The molecule has 0 aromatic heterocycles. The van der Waals surface area contributed by atoms with Gasteiger partial charge in [-0.15, -0.1) is 0 Å². The Morgan fingerprint density at radius 2 is 2.29 bits per heavy atom. The number of fused-ring (bicyclic) bond motifs is 3. The minimum Gasteiger partial charge on any atom is -0.497 e. The predicted molar refractivity (Wildman–Crippen MR) is 72.9 cm³/mol. The smallest absolute Gasteiger partial charge is 0.119 e. The molecule has 1 N–H and O–H groups in total. The van der Waals surface area contributed by atoms with Crippen LogP contribution in [0.3, 0.4) is 0 Å². The number of hydrogen-bond donors (Lipinski definition) is 1. The van der Waals surface area contributed by atoms with Gasteiger partial charge >= 0.3 is 0 Å². The van der Waals surface area contributed by atoms with Crippen molar-refractivity contribution in [3.63, 3.8) is 0 Å². The van der Waals surface area contributed by atoms with Gasteiger partial charge < -0.3 is 10.1 Å². The maximum atomic E-state index is 5.35. The number of methoxy groups -OCH3 is 1. The summed E-state index contributed by atoms with van der Waals surface area (Å²) >= 11 is 2.14. The lowest BCUT2D eigenvalue weighted by Crippen LogP contribution is -2.42. The molecule has 2 aliphatic rings. The largest absolute Gasteiger partial charge is 0.497 e. The summed E-state index contributed by atoms with van der Waals surface area (Å²) in [6.45, 7) is 3.43. The summed E-state index contributed by atoms with van der Waals surface area (Å²) in [4.78, 5) is 0. The van der Waals surface area contributed by atoms with Crippen LogP contribution in [-0.4, -0.2) is 24.2 Å². The van der Waals surface area contributed by atoms with Crippen molar-refractivity contribution in [2.45, 2.75) is 36.3 Å². The minimum absolute atomic E-state index is 0.523. The van der Waals surface area contributed by atoms with Gasteiger partial charge in [0.15, 0.2) is 0 Å². The lowest BCUT2D eigenvalue weighted by molar-refractivity contribution is 0.408. The number of benzene rings is 1. The van der Waals surface area contributed by atoms with Gasteiger partial charge in [-0.05, 0) is 36.1 Å². The van der Waals surface area contributed by atoms with Crippen LogP contribution in [0.5, 0.6) is 5.75 Å². The van der Waals surface area contributed by atoms with Crippen LogP contribution in [0.15, 0.2) is 18.2 Å². The molecule has 3 atom stereocenters. The number of aryl methyl sites for hydroxylation is 1. The third kappa shape index (κ3) is 2.06. The number of hydrogen-bond acceptors (Lipinski definition) is 3. The number of thioether (sulfide) groups is 1. The van der Waals surface area contributed by atoms with E-state index in [0.29, 0.717) is 6.04 Å². The SMILES string of the molecule is COc1ccc2c(c1)C1NCC(C)SC1CC2. The Morgan fingerprint density at radius 3 is 3.12 bits per heavy atom. The van der Waals surface area contributed by atoms with E-state index in [2.05, 4.69) is 42.2 Å². The molecule has 0 spiro atoms. The van der Waals surface area contributed by atoms with Crippen LogP contribution in [-0.2, 0) is 6.42 Å². The van der Waals surface area contributed by atoms with E-state index < -0.39 is 0 Å². The molecule has 92 valence electrons. The molecule has 0 saturated carbocycles. The first-order valence-corrected chi connectivity index (χ1v) is 7.28. The fourth-order valence-corrected chi connectivity index (χ4v) is 4.35. The van der Waals surface area contributed by atoms with Crippen molar-refractivity contribution in [1.82, 2.24) is 5.32 Å². The van der Waals surface area contributed by atoms with E-state index in [-0.39, 0.29) is 0 Å². The highest BCUT2D eigenvalue weighted by Crippen LogP contribution is 2.42. The number of ether oxygens (including phenoxy) is 1. The van der Waals surface area contributed by atoms with E-state index in [4.69, 9.17) is 4.74 Å².